The third kappa shape index (κ3) is 3.12. The summed E-state index contributed by atoms with van der Waals surface area (Å²) in [6.45, 7) is 7.55. The Labute approximate surface area is 191 Å². The molecule has 1 fully saturated rings. The van der Waals surface area contributed by atoms with E-state index in [1.54, 1.807) is 0 Å². The molecule has 4 heterocycles. The fraction of sp³-hybridized carbons (Fsp3) is 0.458. The molecule has 6 rings (SSSR count). The number of fused-ring (bicyclic) bond motifs is 5. The number of hydrogen-bond donors (Lipinski definition) is 1. The number of nitrogens with zero attached hydrogens (tertiary/aromatic N) is 4. The molecule has 2 aromatic heterocycles. The highest BCUT2D eigenvalue weighted by atomic mass is 32.1. The Morgan fingerprint density at radius 3 is 2.78 bits per heavy atom. The molecule has 0 saturated carbocycles. The van der Waals surface area contributed by atoms with Gasteiger partial charge in [-0.05, 0) is 43.4 Å². The Bertz CT molecular complexity index is 1190. The lowest BCUT2D eigenvalue weighted by Crippen LogP contribution is -2.44. The van der Waals surface area contributed by atoms with Crippen molar-refractivity contribution in [2.24, 2.45) is 5.92 Å². The fourth-order valence-corrected chi connectivity index (χ4v) is 6.89. The summed E-state index contributed by atoms with van der Waals surface area (Å²) in [5.41, 5.74) is 5.20. The molecule has 0 spiro atoms. The number of ether oxygens (including phenoxy) is 1. The van der Waals surface area contributed by atoms with Crippen LogP contribution in [0.25, 0.3) is 5.00 Å². The highest BCUT2D eigenvalue weighted by molar-refractivity contribution is 7.15. The average molecular weight is 450 g/mol. The number of aryl methyl sites for hydroxylation is 2. The van der Waals surface area contributed by atoms with Crippen LogP contribution in [0.4, 0.5) is 0 Å². The van der Waals surface area contributed by atoms with Crippen LogP contribution in [0.1, 0.15) is 44.8 Å². The maximum Gasteiger partial charge on any atom is 0.226 e. The summed E-state index contributed by atoms with van der Waals surface area (Å²) in [5, 5.41) is 13.8. The van der Waals surface area contributed by atoms with Crippen LogP contribution >= 0.6 is 11.3 Å². The topological polar surface area (TPSA) is 72.3 Å². The van der Waals surface area contributed by atoms with Gasteiger partial charge in [-0.3, -0.25) is 14.7 Å². The van der Waals surface area contributed by atoms with Crippen LogP contribution in [0.3, 0.4) is 0 Å². The van der Waals surface area contributed by atoms with Crippen LogP contribution < -0.4 is 5.32 Å². The molecule has 1 aromatic carbocycles. The van der Waals surface area contributed by atoms with E-state index in [9.17, 15) is 4.79 Å². The van der Waals surface area contributed by atoms with Crippen molar-refractivity contribution in [3.8, 4) is 5.00 Å². The van der Waals surface area contributed by atoms with Crippen LogP contribution in [-0.4, -0.2) is 51.9 Å². The minimum absolute atomic E-state index is 0.0295. The SMILES string of the molecule is Cc1ccccc1[C@H]1NCc2nnc(C)n2-c2sc3c(c21)C[C@H](C(=O)N1CCOCC1)C3. The van der Waals surface area contributed by atoms with E-state index in [2.05, 4.69) is 51.3 Å². The van der Waals surface area contributed by atoms with E-state index < -0.39 is 0 Å². The number of benzene rings is 1. The molecule has 32 heavy (non-hydrogen) atoms. The zero-order valence-corrected chi connectivity index (χ0v) is 19.2. The molecule has 3 aliphatic rings. The number of hydrogen-bond acceptors (Lipinski definition) is 6. The molecule has 7 nitrogen and oxygen atoms in total. The van der Waals surface area contributed by atoms with Gasteiger partial charge in [0.2, 0.25) is 5.91 Å². The van der Waals surface area contributed by atoms with E-state index in [4.69, 9.17) is 4.74 Å². The van der Waals surface area contributed by atoms with Gasteiger partial charge in [-0.1, -0.05) is 24.3 Å². The number of thiophene rings is 1. The van der Waals surface area contributed by atoms with Gasteiger partial charge >= 0.3 is 0 Å². The molecule has 2 atom stereocenters. The molecule has 3 aromatic rings. The maximum atomic E-state index is 13.3. The quantitative estimate of drug-likeness (QED) is 0.651. The summed E-state index contributed by atoms with van der Waals surface area (Å²) < 4.78 is 7.65. The van der Waals surface area contributed by atoms with Gasteiger partial charge in [0.25, 0.3) is 0 Å². The van der Waals surface area contributed by atoms with Crippen molar-refractivity contribution in [1.29, 1.82) is 0 Å². The molecule has 2 aliphatic heterocycles. The smallest absolute Gasteiger partial charge is 0.226 e. The Kier molecular flexibility index (Phi) is 4.89. The third-order valence-corrected chi connectivity index (χ3v) is 8.27. The minimum Gasteiger partial charge on any atom is -0.378 e. The van der Waals surface area contributed by atoms with E-state index in [1.165, 1.54) is 32.1 Å². The van der Waals surface area contributed by atoms with Crippen LogP contribution in [0.15, 0.2) is 24.3 Å². The van der Waals surface area contributed by atoms with E-state index in [0.717, 1.165) is 24.5 Å². The molecule has 0 bridgehead atoms. The van der Waals surface area contributed by atoms with Crippen molar-refractivity contribution in [2.45, 2.75) is 39.3 Å². The van der Waals surface area contributed by atoms with Gasteiger partial charge < -0.3 is 9.64 Å². The van der Waals surface area contributed by atoms with Gasteiger partial charge in [0.1, 0.15) is 10.8 Å². The Hall–Kier alpha value is -2.55. The molecule has 8 heteroatoms. The molecule has 1 amide bonds. The molecule has 0 unspecified atom stereocenters. The number of carbonyl (C=O) groups is 1. The lowest BCUT2D eigenvalue weighted by atomic mass is 9.92. The van der Waals surface area contributed by atoms with E-state index in [0.29, 0.717) is 32.8 Å². The average Bonchev–Trinajstić information content (AvgIpc) is 3.45. The molecule has 1 N–H and O–H groups in total. The summed E-state index contributed by atoms with van der Waals surface area (Å²) in [6, 6.07) is 8.65. The molecule has 1 saturated heterocycles. The second-order valence-electron chi connectivity index (χ2n) is 8.93. The predicted octanol–water partition coefficient (Wildman–Crippen LogP) is 2.71. The normalized spacial score (nSPS) is 22.2. The first-order valence-electron chi connectivity index (χ1n) is 11.3. The first-order valence-corrected chi connectivity index (χ1v) is 12.1. The molecular formula is C24H27N5O2S. The largest absolute Gasteiger partial charge is 0.378 e. The van der Waals surface area contributed by atoms with E-state index >= 15 is 0 Å². The Morgan fingerprint density at radius 1 is 1.16 bits per heavy atom. The first-order chi connectivity index (χ1) is 15.6. The number of aromatic nitrogens is 3. The van der Waals surface area contributed by atoms with Gasteiger partial charge in [-0.25, -0.2) is 0 Å². The van der Waals surface area contributed by atoms with Crippen molar-refractivity contribution < 1.29 is 9.53 Å². The number of carbonyl (C=O) groups excluding carboxylic acids is 1. The van der Waals surface area contributed by atoms with Gasteiger partial charge in [0.05, 0.1) is 25.8 Å². The standard InChI is InChI=1S/C24H27N5O2S/c1-14-5-3-4-6-17(14)22-21-18-11-16(23(30)28-7-9-31-10-8-28)12-19(18)32-24(21)29-15(2)26-27-20(29)13-25-22/h3-6,16,22,25H,7-13H2,1-2H3/t16-,22+/m0/s1. The molecular weight excluding hydrogens is 422 g/mol. The van der Waals surface area contributed by atoms with Crippen LogP contribution in [0.2, 0.25) is 0 Å². The van der Waals surface area contributed by atoms with Gasteiger partial charge in [0, 0.05) is 29.4 Å². The maximum absolute atomic E-state index is 13.3. The number of amides is 1. The van der Waals surface area contributed by atoms with Crippen molar-refractivity contribution in [1.82, 2.24) is 25.0 Å². The molecule has 166 valence electrons. The lowest BCUT2D eigenvalue weighted by molar-refractivity contribution is -0.139. The summed E-state index contributed by atoms with van der Waals surface area (Å²) in [7, 11) is 0. The van der Waals surface area contributed by atoms with E-state index in [1.807, 2.05) is 23.2 Å². The second-order valence-corrected chi connectivity index (χ2v) is 10.0. The highest BCUT2D eigenvalue weighted by Gasteiger charge is 2.39. The monoisotopic (exact) mass is 449 g/mol. The van der Waals surface area contributed by atoms with Crippen molar-refractivity contribution in [3.63, 3.8) is 0 Å². The lowest BCUT2D eigenvalue weighted by Gasteiger charge is -2.29. The third-order valence-electron chi connectivity index (χ3n) is 7.01. The predicted molar refractivity (Wildman–Crippen MR) is 122 cm³/mol. The second kappa shape index (κ2) is 7.79. The molecule has 0 radical (unpaired) electrons. The number of nitrogens with one attached hydrogen (secondary N) is 1. The molecule has 1 aliphatic carbocycles. The Morgan fingerprint density at radius 2 is 1.97 bits per heavy atom. The zero-order chi connectivity index (χ0) is 21.8. The van der Waals surface area contributed by atoms with Crippen LogP contribution in [0, 0.1) is 19.8 Å². The van der Waals surface area contributed by atoms with Crippen molar-refractivity contribution >= 4 is 17.2 Å². The summed E-state index contributed by atoms with van der Waals surface area (Å²) in [5.74, 6) is 2.16. The van der Waals surface area contributed by atoms with E-state index in [-0.39, 0.29) is 17.9 Å². The zero-order valence-electron chi connectivity index (χ0n) is 18.4. The van der Waals surface area contributed by atoms with Gasteiger partial charge in [-0.2, -0.15) is 0 Å². The Balaban J connectivity index is 1.43. The number of morpholine rings is 1. The van der Waals surface area contributed by atoms with Crippen LogP contribution in [-0.2, 0) is 28.9 Å². The minimum atomic E-state index is 0.0295. The first kappa shape index (κ1) is 20.1. The van der Waals surface area contributed by atoms with Crippen LogP contribution in [0.5, 0.6) is 0 Å². The summed E-state index contributed by atoms with van der Waals surface area (Å²) in [6.07, 6.45) is 1.62. The number of rotatable bonds is 2. The van der Waals surface area contributed by atoms with Crippen molar-refractivity contribution in [3.05, 3.63) is 63.0 Å². The summed E-state index contributed by atoms with van der Waals surface area (Å²) >= 11 is 1.82. The summed E-state index contributed by atoms with van der Waals surface area (Å²) in [4.78, 5) is 16.6. The fourth-order valence-electron chi connectivity index (χ4n) is 5.38. The van der Waals surface area contributed by atoms with Crippen molar-refractivity contribution in [2.75, 3.05) is 26.3 Å². The van der Waals surface area contributed by atoms with Gasteiger partial charge in [0.15, 0.2) is 5.82 Å². The highest BCUT2D eigenvalue weighted by Crippen LogP contribution is 2.46. The van der Waals surface area contributed by atoms with Gasteiger partial charge in [-0.15, -0.1) is 21.5 Å².